The molecule has 0 spiro atoms. The maximum Gasteiger partial charge on any atom is 0.0650 e. The van der Waals surface area contributed by atoms with Crippen LogP contribution in [0.5, 0.6) is 0 Å². The number of nitrogens with one attached hydrogen (secondary N) is 2. The van der Waals surface area contributed by atoms with Crippen LogP contribution in [0, 0.1) is 0 Å². The van der Waals surface area contributed by atoms with E-state index in [2.05, 4.69) is 58.5 Å². The zero-order valence-corrected chi connectivity index (χ0v) is 12.8. The Labute approximate surface area is 126 Å². The molecule has 2 N–H and O–H groups in total. The Kier molecular flexibility index (Phi) is 4.25. The molecule has 1 aromatic carbocycles. The summed E-state index contributed by atoms with van der Waals surface area (Å²) in [6, 6.07) is 11.8. The quantitative estimate of drug-likeness (QED) is 0.905. The van der Waals surface area contributed by atoms with Gasteiger partial charge >= 0.3 is 0 Å². The molecule has 1 aliphatic rings. The maximum atomic E-state index is 3.99. The minimum absolute atomic E-state index is 0.595. The smallest absolute Gasteiger partial charge is 0.0650 e. The maximum absolute atomic E-state index is 3.99. The van der Waals surface area contributed by atoms with Crippen LogP contribution in [0.25, 0.3) is 11.3 Å². The Morgan fingerprint density at radius 2 is 1.86 bits per heavy atom. The summed E-state index contributed by atoms with van der Waals surface area (Å²) in [6.07, 6.45) is 4.23. The number of benzene rings is 1. The highest BCUT2D eigenvalue weighted by molar-refractivity contribution is 5.62. The molecule has 1 aromatic heterocycles. The SMILES string of the molecule is CC(C)N1CCC(Nc2ccc(-c3ccn[nH]3)cc2)CC1. The summed E-state index contributed by atoms with van der Waals surface area (Å²) >= 11 is 0. The third-order valence-electron chi connectivity index (χ3n) is 4.33. The second kappa shape index (κ2) is 6.31. The number of piperidine rings is 1. The number of H-pyrrole nitrogens is 1. The van der Waals surface area contributed by atoms with Crippen molar-refractivity contribution in [2.24, 2.45) is 0 Å². The van der Waals surface area contributed by atoms with Crippen LogP contribution in [0.2, 0.25) is 0 Å². The van der Waals surface area contributed by atoms with Gasteiger partial charge in [-0.25, -0.2) is 0 Å². The molecular formula is C17H24N4. The summed E-state index contributed by atoms with van der Waals surface area (Å²) in [6.45, 7) is 6.95. The van der Waals surface area contributed by atoms with Gasteiger partial charge in [-0.15, -0.1) is 0 Å². The van der Waals surface area contributed by atoms with Crippen molar-refractivity contribution < 1.29 is 0 Å². The van der Waals surface area contributed by atoms with Crippen molar-refractivity contribution in [3.8, 4) is 11.3 Å². The van der Waals surface area contributed by atoms with Crippen molar-refractivity contribution in [2.45, 2.75) is 38.8 Å². The summed E-state index contributed by atoms with van der Waals surface area (Å²) in [5.41, 5.74) is 3.45. The molecule has 0 unspecified atom stereocenters. The van der Waals surface area contributed by atoms with E-state index in [9.17, 15) is 0 Å². The summed E-state index contributed by atoms with van der Waals surface area (Å²) in [7, 11) is 0. The molecule has 0 bridgehead atoms. The van der Waals surface area contributed by atoms with Gasteiger partial charge in [-0.3, -0.25) is 5.10 Å². The lowest BCUT2D eigenvalue weighted by Gasteiger charge is -2.35. The van der Waals surface area contributed by atoms with E-state index < -0.39 is 0 Å². The van der Waals surface area contributed by atoms with E-state index >= 15 is 0 Å². The van der Waals surface area contributed by atoms with E-state index in [1.807, 2.05) is 6.07 Å². The van der Waals surface area contributed by atoms with E-state index in [4.69, 9.17) is 0 Å². The number of aromatic nitrogens is 2. The van der Waals surface area contributed by atoms with Gasteiger partial charge in [-0.05, 0) is 50.5 Å². The molecule has 1 saturated heterocycles. The number of anilines is 1. The molecule has 0 saturated carbocycles. The molecule has 4 heteroatoms. The van der Waals surface area contributed by atoms with E-state index in [1.54, 1.807) is 6.20 Å². The lowest BCUT2D eigenvalue weighted by Crippen LogP contribution is -2.42. The fourth-order valence-corrected chi connectivity index (χ4v) is 2.96. The number of rotatable bonds is 4. The van der Waals surface area contributed by atoms with Crippen LogP contribution in [-0.2, 0) is 0 Å². The van der Waals surface area contributed by atoms with Crippen LogP contribution in [-0.4, -0.2) is 40.3 Å². The van der Waals surface area contributed by atoms with Gasteiger partial charge in [0.1, 0.15) is 0 Å². The third-order valence-corrected chi connectivity index (χ3v) is 4.33. The van der Waals surface area contributed by atoms with Crippen molar-refractivity contribution in [2.75, 3.05) is 18.4 Å². The Morgan fingerprint density at radius 1 is 1.14 bits per heavy atom. The molecule has 0 aliphatic carbocycles. The van der Waals surface area contributed by atoms with Crippen molar-refractivity contribution in [3.63, 3.8) is 0 Å². The average molecular weight is 284 g/mol. The summed E-state index contributed by atoms with van der Waals surface area (Å²) in [5.74, 6) is 0. The Bertz CT molecular complexity index is 537. The molecule has 2 heterocycles. The Morgan fingerprint density at radius 3 is 2.43 bits per heavy atom. The van der Waals surface area contributed by atoms with Gasteiger partial charge < -0.3 is 10.2 Å². The van der Waals surface area contributed by atoms with Gasteiger partial charge in [0.2, 0.25) is 0 Å². The van der Waals surface area contributed by atoms with Crippen LogP contribution in [0.15, 0.2) is 36.5 Å². The molecule has 3 rings (SSSR count). The van der Waals surface area contributed by atoms with Crippen molar-refractivity contribution >= 4 is 5.69 Å². The first-order valence-corrected chi connectivity index (χ1v) is 7.83. The highest BCUT2D eigenvalue weighted by Gasteiger charge is 2.20. The van der Waals surface area contributed by atoms with Crippen LogP contribution in [0.1, 0.15) is 26.7 Å². The van der Waals surface area contributed by atoms with Crippen molar-refractivity contribution in [3.05, 3.63) is 36.5 Å². The molecule has 0 atom stereocenters. The van der Waals surface area contributed by atoms with Crippen LogP contribution < -0.4 is 5.32 Å². The first-order valence-electron chi connectivity index (χ1n) is 7.83. The van der Waals surface area contributed by atoms with Gasteiger partial charge in [-0.2, -0.15) is 5.10 Å². The van der Waals surface area contributed by atoms with Gasteiger partial charge in [0.25, 0.3) is 0 Å². The average Bonchev–Trinajstić information content (AvgIpc) is 3.03. The first kappa shape index (κ1) is 14.1. The number of nitrogens with zero attached hydrogens (tertiary/aromatic N) is 2. The number of hydrogen-bond acceptors (Lipinski definition) is 3. The predicted octanol–water partition coefficient (Wildman–Crippen LogP) is 3.36. The normalized spacial score (nSPS) is 17.3. The second-order valence-corrected chi connectivity index (χ2v) is 6.10. The molecule has 1 aliphatic heterocycles. The van der Waals surface area contributed by atoms with Gasteiger partial charge in [0.15, 0.2) is 0 Å². The molecule has 21 heavy (non-hydrogen) atoms. The monoisotopic (exact) mass is 284 g/mol. The van der Waals surface area contributed by atoms with E-state index in [-0.39, 0.29) is 0 Å². The lowest BCUT2D eigenvalue weighted by atomic mass is 10.0. The van der Waals surface area contributed by atoms with Gasteiger partial charge in [0, 0.05) is 37.1 Å². The molecule has 2 aromatic rings. The third kappa shape index (κ3) is 3.45. The summed E-state index contributed by atoms with van der Waals surface area (Å²) in [4.78, 5) is 2.56. The van der Waals surface area contributed by atoms with E-state index in [1.165, 1.54) is 37.2 Å². The second-order valence-electron chi connectivity index (χ2n) is 6.10. The van der Waals surface area contributed by atoms with Crippen LogP contribution >= 0.6 is 0 Å². The Hall–Kier alpha value is -1.81. The topological polar surface area (TPSA) is 44.0 Å². The minimum atomic E-state index is 0.595. The minimum Gasteiger partial charge on any atom is -0.382 e. The van der Waals surface area contributed by atoms with Crippen molar-refractivity contribution in [1.29, 1.82) is 0 Å². The fourth-order valence-electron chi connectivity index (χ4n) is 2.96. The summed E-state index contributed by atoms with van der Waals surface area (Å²) < 4.78 is 0. The molecule has 0 amide bonds. The number of likely N-dealkylation sites (tertiary alicyclic amines) is 1. The molecule has 112 valence electrons. The summed E-state index contributed by atoms with van der Waals surface area (Å²) in [5, 5.41) is 10.6. The molecular weight excluding hydrogens is 260 g/mol. The van der Waals surface area contributed by atoms with Crippen molar-refractivity contribution in [1.82, 2.24) is 15.1 Å². The predicted molar refractivity (Wildman–Crippen MR) is 87.4 cm³/mol. The Balaban J connectivity index is 1.57. The molecule has 1 fully saturated rings. The van der Waals surface area contributed by atoms with E-state index in [0.717, 1.165) is 5.69 Å². The largest absolute Gasteiger partial charge is 0.382 e. The lowest BCUT2D eigenvalue weighted by molar-refractivity contribution is 0.177. The van der Waals surface area contributed by atoms with E-state index in [0.29, 0.717) is 12.1 Å². The van der Waals surface area contributed by atoms with Gasteiger partial charge in [0.05, 0.1) is 5.69 Å². The highest BCUT2D eigenvalue weighted by atomic mass is 15.2. The first-order chi connectivity index (χ1) is 10.2. The number of hydrogen-bond donors (Lipinski definition) is 2. The zero-order chi connectivity index (χ0) is 14.7. The van der Waals surface area contributed by atoms with Gasteiger partial charge in [-0.1, -0.05) is 12.1 Å². The van der Waals surface area contributed by atoms with Crippen LogP contribution in [0.4, 0.5) is 5.69 Å². The fraction of sp³-hybridized carbons (Fsp3) is 0.471. The molecule has 4 nitrogen and oxygen atoms in total. The molecule has 0 radical (unpaired) electrons. The zero-order valence-electron chi connectivity index (χ0n) is 12.8. The highest BCUT2D eigenvalue weighted by Crippen LogP contribution is 2.21. The number of aromatic amines is 1. The van der Waals surface area contributed by atoms with Crippen LogP contribution in [0.3, 0.4) is 0 Å². The standard InChI is InChI=1S/C17H24N4/c1-13(2)21-11-8-16(9-12-21)19-15-5-3-14(4-6-15)17-7-10-18-20-17/h3-7,10,13,16,19H,8-9,11-12H2,1-2H3,(H,18,20).